The number of hydrogen-bond acceptors (Lipinski definition) is 2. The highest BCUT2D eigenvalue weighted by molar-refractivity contribution is 5.22. The standard InChI is InChI=1S/C17H28N2/c1-15-4-3-12-19(13-10-15)14-17-7-5-16(6-8-17)9-11-18-2/h5-8,15,18H,3-4,9-14H2,1-2H3. The number of benzene rings is 1. The van der Waals surface area contributed by atoms with Gasteiger partial charge in [-0.05, 0) is 69.4 Å². The second-order valence-corrected chi connectivity index (χ2v) is 5.98. The molecular weight excluding hydrogens is 232 g/mol. The van der Waals surface area contributed by atoms with E-state index in [1.54, 1.807) is 0 Å². The molecule has 1 N–H and O–H groups in total. The minimum absolute atomic E-state index is 0.911. The summed E-state index contributed by atoms with van der Waals surface area (Å²) >= 11 is 0. The normalized spacial score (nSPS) is 21.3. The Balaban J connectivity index is 1.84. The number of nitrogens with zero attached hydrogens (tertiary/aromatic N) is 1. The Morgan fingerprint density at radius 1 is 1.11 bits per heavy atom. The summed E-state index contributed by atoms with van der Waals surface area (Å²) in [5, 5.41) is 3.20. The molecular formula is C17H28N2. The maximum Gasteiger partial charge on any atom is 0.0233 e. The van der Waals surface area contributed by atoms with Gasteiger partial charge in [-0.15, -0.1) is 0 Å². The summed E-state index contributed by atoms with van der Waals surface area (Å²) in [5.41, 5.74) is 2.89. The molecule has 1 aliphatic rings. The summed E-state index contributed by atoms with van der Waals surface area (Å²) in [4.78, 5) is 2.62. The van der Waals surface area contributed by atoms with E-state index in [4.69, 9.17) is 0 Å². The van der Waals surface area contributed by atoms with Gasteiger partial charge in [0.15, 0.2) is 0 Å². The fraction of sp³-hybridized carbons (Fsp3) is 0.647. The largest absolute Gasteiger partial charge is 0.319 e. The van der Waals surface area contributed by atoms with Crippen LogP contribution in [0.2, 0.25) is 0 Å². The van der Waals surface area contributed by atoms with Crippen LogP contribution in [0.5, 0.6) is 0 Å². The van der Waals surface area contributed by atoms with Gasteiger partial charge < -0.3 is 5.32 Å². The molecule has 1 unspecified atom stereocenters. The van der Waals surface area contributed by atoms with Gasteiger partial charge in [-0.2, -0.15) is 0 Å². The van der Waals surface area contributed by atoms with E-state index in [-0.39, 0.29) is 0 Å². The average Bonchev–Trinajstić information content (AvgIpc) is 2.63. The zero-order valence-electron chi connectivity index (χ0n) is 12.5. The first-order valence-electron chi connectivity index (χ1n) is 7.72. The summed E-state index contributed by atoms with van der Waals surface area (Å²) < 4.78 is 0. The van der Waals surface area contributed by atoms with Crippen LogP contribution in [0.4, 0.5) is 0 Å². The summed E-state index contributed by atoms with van der Waals surface area (Å²) in [7, 11) is 2.01. The third-order valence-electron chi connectivity index (χ3n) is 4.20. The van der Waals surface area contributed by atoms with Crippen molar-refractivity contribution in [2.24, 2.45) is 5.92 Å². The van der Waals surface area contributed by atoms with Crippen molar-refractivity contribution in [3.05, 3.63) is 35.4 Å². The molecule has 2 rings (SSSR count). The maximum absolute atomic E-state index is 3.20. The van der Waals surface area contributed by atoms with E-state index < -0.39 is 0 Å². The van der Waals surface area contributed by atoms with E-state index in [9.17, 15) is 0 Å². The van der Waals surface area contributed by atoms with Gasteiger partial charge >= 0.3 is 0 Å². The molecule has 2 nitrogen and oxygen atoms in total. The lowest BCUT2D eigenvalue weighted by molar-refractivity contribution is 0.273. The fourth-order valence-corrected chi connectivity index (χ4v) is 2.82. The van der Waals surface area contributed by atoms with Crippen LogP contribution in [0.25, 0.3) is 0 Å². The molecule has 0 aromatic heterocycles. The molecule has 1 fully saturated rings. The van der Waals surface area contributed by atoms with Crippen LogP contribution in [0, 0.1) is 5.92 Å². The summed E-state index contributed by atoms with van der Waals surface area (Å²) in [6.07, 6.45) is 5.25. The van der Waals surface area contributed by atoms with E-state index >= 15 is 0 Å². The van der Waals surface area contributed by atoms with Crippen molar-refractivity contribution in [1.29, 1.82) is 0 Å². The maximum atomic E-state index is 3.20. The van der Waals surface area contributed by atoms with Crippen molar-refractivity contribution >= 4 is 0 Å². The SMILES string of the molecule is CNCCc1ccc(CN2CCCC(C)CC2)cc1. The quantitative estimate of drug-likeness (QED) is 0.875. The Bertz CT molecular complexity index is 358. The third kappa shape index (κ3) is 4.96. The van der Waals surface area contributed by atoms with Crippen LogP contribution < -0.4 is 5.32 Å². The molecule has 1 aromatic carbocycles. The molecule has 1 aliphatic heterocycles. The zero-order valence-corrected chi connectivity index (χ0v) is 12.5. The van der Waals surface area contributed by atoms with Crippen LogP contribution in [-0.2, 0) is 13.0 Å². The van der Waals surface area contributed by atoms with Crippen molar-refractivity contribution in [3.63, 3.8) is 0 Å². The summed E-state index contributed by atoms with van der Waals surface area (Å²) in [5.74, 6) is 0.911. The van der Waals surface area contributed by atoms with E-state index in [0.717, 1.165) is 25.4 Å². The minimum Gasteiger partial charge on any atom is -0.319 e. The number of nitrogens with one attached hydrogen (secondary N) is 1. The fourth-order valence-electron chi connectivity index (χ4n) is 2.82. The Hall–Kier alpha value is -0.860. The summed E-state index contributed by atoms with van der Waals surface area (Å²) in [6.45, 7) is 7.11. The molecule has 1 saturated heterocycles. The van der Waals surface area contributed by atoms with Crippen LogP contribution >= 0.6 is 0 Å². The van der Waals surface area contributed by atoms with E-state index in [0.29, 0.717) is 0 Å². The first-order valence-corrected chi connectivity index (χ1v) is 7.72. The van der Waals surface area contributed by atoms with Crippen molar-refractivity contribution in [2.75, 3.05) is 26.7 Å². The third-order valence-corrected chi connectivity index (χ3v) is 4.20. The van der Waals surface area contributed by atoms with E-state index in [1.165, 1.54) is 43.5 Å². The molecule has 106 valence electrons. The monoisotopic (exact) mass is 260 g/mol. The molecule has 0 aliphatic carbocycles. The van der Waals surface area contributed by atoms with Gasteiger partial charge in [0, 0.05) is 6.54 Å². The summed E-state index contributed by atoms with van der Waals surface area (Å²) in [6, 6.07) is 9.18. The number of likely N-dealkylation sites (tertiary alicyclic amines) is 1. The van der Waals surface area contributed by atoms with Crippen molar-refractivity contribution in [3.8, 4) is 0 Å². The molecule has 0 amide bonds. The van der Waals surface area contributed by atoms with Crippen LogP contribution in [0.1, 0.15) is 37.3 Å². The van der Waals surface area contributed by atoms with Gasteiger partial charge in [0.25, 0.3) is 0 Å². The molecule has 0 bridgehead atoms. The van der Waals surface area contributed by atoms with Crippen molar-refractivity contribution < 1.29 is 0 Å². The van der Waals surface area contributed by atoms with Gasteiger partial charge in [0.05, 0.1) is 0 Å². The van der Waals surface area contributed by atoms with Crippen LogP contribution in [0.3, 0.4) is 0 Å². The topological polar surface area (TPSA) is 15.3 Å². The second kappa shape index (κ2) is 7.66. The molecule has 1 atom stereocenters. The second-order valence-electron chi connectivity index (χ2n) is 5.98. The minimum atomic E-state index is 0.911. The molecule has 2 heteroatoms. The lowest BCUT2D eigenvalue weighted by Crippen LogP contribution is -2.24. The Morgan fingerprint density at radius 3 is 2.58 bits per heavy atom. The first-order chi connectivity index (χ1) is 9.28. The molecule has 1 heterocycles. The first kappa shape index (κ1) is 14.5. The van der Waals surface area contributed by atoms with Gasteiger partial charge in [0.2, 0.25) is 0 Å². The highest BCUT2D eigenvalue weighted by Crippen LogP contribution is 2.18. The number of rotatable bonds is 5. The highest BCUT2D eigenvalue weighted by atomic mass is 15.1. The predicted octanol–water partition coefficient (Wildman–Crippen LogP) is 3.07. The molecule has 1 aromatic rings. The molecule has 0 saturated carbocycles. The van der Waals surface area contributed by atoms with Crippen LogP contribution in [0.15, 0.2) is 24.3 Å². The average molecular weight is 260 g/mol. The van der Waals surface area contributed by atoms with Gasteiger partial charge in [-0.25, -0.2) is 0 Å². The lowest BCUT2D eigenvalue weighted by atomic mass is 10.0. The highest BCUT2D eigenvalue weighted by Gasteiger charge is 2.13. The number of likely N-dealkylation sites (N-methyl/N-ethyl adjacent to an activating group) is 1. The molecule has 0 spiro atoms. The van der Waals surface area contributed by atoms with Crippen molar-refractivity contribution in [2.45, 2.75) is 39.2 Å². The van der Waals surface area contributed by atoms with Crippen molar-refractivity contribution in [1.82, 2.24) is 10.2 Å². The van der Waals surface area contributed by atoms with Crippen LogP contribution in [-0.4, -0.2) is 31.6 Å². The molecule has 0 radical (unpaired) electrons. The van der Waals surface area contributed by atoms with Gasteiger partial charge in [-0.3, -0.25) is 4.90 Å². The zero-order chi connectivity index (χ0) is 13.5. The smallest absolute Gasteiger partial charge is 0.0233 e. The van der Waals surface area contributed by atoms with E-state index in [2.05, 4.69) is 41.4 Å². The lowest BCUT2D eigenvalue weighted by Gasteiger charge is -2.20. The van der Waals surface area contributed by atoms with Gasteiger partial charge in [0.1, 0.15) is 0 Å². The Kier molecular flexibility index (Phi) is 5.87. The van der Waals surface area contributed by atoms with E-state index in [1.807, 2.05) is 7.05 Å². The Morgan fingerprint density at radius 2 is 1.84 bits per heavy atom. The number of hydrogen-bond donors (Lipinski definition) is 1. The Labute approximate surface area is 118 Å². The predicted molar refractivity (Wildman–Crippen MR) is 82.4 cm³/mol. The molecule has 19 heavy (non-hydrogen) atoms. The van der Waals surface area contributed by atoms with Gasteiger partial charge in [-0.1, -0.05) is 31.2 Å².